The zero-order valence-electron chi connectivity index (χ0n) is 12.8. The van der Waals surface area contributed by atoms with Gasteiger partial charge in [0.15, 0.2) is 0 Å². The number of rotatable bonds is 5. The Kier molecular flexibility index (Phi) is 4.55. The fraction of sp³-hybridized carbons (Fsp3) is 0.143. The number of hydrogen-bond acceptors (Lipinski definition) is 1. The van der Waals surface area contributed by atoms with Crippen LogP contribution in [0.4, 0.5) is 0 Å². The Morgan fingerprint density at radius 2 is 1.32 bits per heavy atom. The molecule has 22 heavy (non-hydrogen) atoms. The van der Waals surface area contributed by atoms with Crippen molar-refractivity contribution in [1.82, 2.24) is 0 Å². The molecule has 0 atom stereocenters. The average Bonchev–Trinajstić information content (AvgIpc) is 2.55. The van der Waals surface area contributed by atoms with Gasteiger partial charge in [-0.15, -0.1) is 0 Å². The lowest BCUT2D eigenvalue weighted by molar-refractivity contribution is 0.482. The molecule has 0 aliphatic rings. The molecular weight excluding hydrogens is 268 g/mol. The Morgan fingerprint density at radius 1 is 0.636 bits per heavy atom. The largest absolute Gasteiger partial charge is 0.457 e. The topological polar surface area (TPSA) is 9.23 Å². The van der Waals surface area contributed by atoms with Gasteiger partial charge < -0.3 is 4.74 Å². The Balaban J connectivity index is 1.60. The molecule has 0 amide bonds. The maximum atomic E-state index is 5.88. The second-order valence-corrected chi connectivity index (χ2v) is 5.55. The molecule has 3 rings (SSSR count). The molecule has 1 nitrogen and oxygen atoms in total. The average molecular weight is 288 g/mol. The van der Waals surface area contributed by atoms with E-state index in [-0.39, 0.29) is 0 Å². The van der Waals surface area contributed by atoms with Crippen LogP contribution >= 0.6 is 0 Å². The first kappa shape index (κ1) is 14.4. The van der Waals surface area contributed by atoms with Gasteiger partial charge in [0.25, 0.3) is 0 Å². The quantitative estimate of drug-likeness (QED) is 0.596. The van der Waals surface area contributed by atoms with Gasteiger partial charge in [0, 0.05) is 0 Å². The van der Waals surface area contributed by atoms with E-state index < -0.39 is 0 Å². The molecule has 0 aromatic heterocycles. The van der Waals surface area contributed by atoms with Crippen LogP contribution in [0.3, 0.4) is 0 Å². The first-order chi connectivity index (χ1) is 10.8. The first-order valence-corrected chi connectivity index (χ1v) is 7.67. The summed E-state index contributed by atoms with van der Waals surface area (Å²) in [6.07, 6.45) is 2.12. The summed E-state index contributed by atoms with van der Waals surface area (Å²) >= 11 is 0. The van der Waals surface area contributed by atoms with Crippen LogP contribution in [0.2, 0.25) is 0 Å². The highest BCUT2D eigenvalue weighted by molar-refractivity contribution is 5.35. The van der Waals surface area contributed by atoms with Crippen LogP contribution in [0.15, 0.2) is 78.9 Å². The molecule has 0 fully saturated rings. The predicted molar refractivity (Wildman–Crippen MR) is 91.5 cm³/mol. The third-order valence-electron chi connectivity index (χ3n) is 3.69. The molecule has 110 valence electrons. The second-order valence-electron chi connectivity index (χ2n) is 5.55. The van der Waals surface area contributed by atoms with Gasteiger partial charge in [0.2, 0.25) is 0 Å². The van der Waals surface area contributed by atoms with Crippen LogP contribution in [0.1, 0.15) is 16.7 Å². The summed E-state index contributed by atoms with van der Waals surface area (Å²) in [4.78, 5) is 0. The maximum absolute atomic E-state index is 5.88. The normalized spacial score (nSPS) is 10.4. The smallest absolute Gasteiger partial charge is 0.127 e. The molecule has 0 unspecified atom stereocenters. The van der Waals surface area contributed by atoms with Crippen LogP contribution in [0.25, 0.3) is 0 Å². The Hall–Kier alpha value is -2.54. The molecule has 1 heteroatoms. The summed E-state index contributed by atoms with van der Waals surface area (Å²) in [7, 11) is 0. The van der Waals surface area contributed by atoms with Crippen LogP contribution in [0, 0.1) is 6.92 Å². The number of aryl methyl sites for hydroxylation is 3. The SMILES string of the molecule is Cc1cccc(Oc2ccc(CCc3ccccc3)cc2)c1. The van der Waals surface area contributed by atoms with E-state index in [4.69, 9.17) is 4.74 Å². The predicted octanol–water partition coefficient (Wildman–Crippen LogP) is 5.57. The van der Waals surface area contributed by atoms with E-state index in [1.54, 1.807) is 0 Å². The Labute approximate surface area is 132 Å². The standard InChI is InChI=1S/C21H20O/c1-17-6-5-9-21(16-17)22-20-14-12-19(13-15-20)11-10-18-7-3-2-4-8-18/h2-9,12-16H,10-11H2,1H3. The Morgan fingerprint density at radius 3 is 2.00 bits per heavy atom. The maximum Gasteiger partial charge on any atom is 0.127 e. The Bertz CT molecular complexity index is 714. The summed E-state index contributed by atoms with van der Waals surface area (Å²) in [5.41, 5.74) is 3.92. The van der Waals surface area contributed by atoms with Gasteiger partial charge in [-0.05, 0) is 60.7 Å². The van der Waals surface area contributed by atoms with Crippen molar-refractivity contribution in [3.8, 4) is 11.5 Å². The summed E-state index contributed by atoms with van der Waals surface area (Å²) in [5.74, 6) is 1.77. The molecule has 0 heterocycles. The van der Waals surface area contributed by atoms with Crippen molar-refractivity contribution in [3.05, 3.63) is 95.6 Å². The van der Waals surface area contributed by atoms with E-state index in [9.17, 15) is 0 Å². The highest BCUT2D eigenvalue weighted by Crippen LogP contribution is 2.22. The molecule has 0 saturated carbocycles. The third kappa shape index (κ3) is 3.98. The molecule has 0 aliphatic heterocycles. The van der Waals surface area contributed by atoms with Gasteiger partial charge in [0.05, 0.1) is 0 Å². The van der Waals surface area contributed by atoms with Crippen molar-refractivity contribution in [3.63, 3.8) is 0 Å². The zero-order valence-corrected chi connectivity index (χ0v) is 12.8. The highest BCUT2D eigenvalue weighted by atomic mass is 16.5. The summed E-state index contributed by atoms with van der Waals surface area (Å²) in [5, 5.41) is 0. The fourth-order valence-corrected chi connectivity index (χ4v) is 2.47. The van der Waals surface area contributed by atoms with E-state index in [0.29, 0.717) is 0 Å². The minimum absolute atomic E-state index is 0.883. The van der Waals surface area contributed by atoms with E-state index in [1.807, 2.05) is 30.3 Å². The lowest BCUT2D eigenvalue weighted by Crippen LogP contribution is -1.91. The molecule has 0 aliphatic carbocycles. The van der Waals surface area contributed by atoms with E-state index >= 15 is 0 Å². The van der Waals surface area contributed by atoms with E-state index in [0.717, 1.165) is 24.3 Å². The van der Waals surface area contributed by atoms with Gasteiger partial charge in [-0.2, -0.15) is 0 Å². The molecule has 3 aromatic carbocycles. The molecular formula is C21H20O. The minimum Gasteiger partial charge on any atom is -0.457 e. The van der Waals surface area contributed by atoms with Crippen molar-refractivity contribution in [1.29, 1.82) is 0 Å². The molecule has 3 aromatic rings. The van der Waals surface area contributed by atoms with Crippen LogP contribution < -0.4 is 4.74 Å². The second kappa shape index (κ2) is 6.95. The van der Waals surface area contributed by atoms with Crippen LogP contribution in [-0.4, -0.2) is 0 Å². The van der Waals surface area contributed by atoms with Crippen molar-refractivity contribution < 1.29 is 4.74 Å². The van der Waals surface area contributed by atoms with Gasteiger partial charge in [-0.3, -0.25) is 0 Å². The van der Waals surface area contributed by atoms with E-state index in [2.05, 4.69) is 55.5 Å². The molecule has 0 N–H and O–H groups in total. The molecule has 0 spiro atoms. The summed E-state index contributed by atoms with van der Waals surface area (Å²) in [6, 6.07) is 27.1. The van der Waals surface area contributed by atoms with Gasteiger partial charge >= 0.3 is 0 Å². The van der Waals surface area contributed by atoms with E-state index in [1.165, 1.54) is 16.7 Å². The molecule has 0 bridgehead atoms. The monoisotopic (exact) mass is 288 g/mol. The van der Waals surface area contributed by atoms with Gasteiger partial charge in [0.1, 0.15) is 11.5 Å². The summed E-state index contributed by atoms with van der Waals surface area (Å²) in [6.45, 7) is 2.07. The lowest BCUT2D eigenvalue weighted by atomic mass is 10.0. The third-order valence-corrected chi connectivity index (χ3v) is 3.69. The first-order valence-electron chi connectivity index (χ1n) is 7.67. The zero-order chi connectivity index (χ0) is 15.2. The van der Waals surface area contributed by atoms with Gasteiger partial charge in [-0.1, -0.05) is 54.6 Å². The number of hydrogen-bond donors (Lipinski definition) is 0. The lowest BCUT2D eigenvalue weighted by Gasteiger charge is -2.07. The van der Waals surface area contributed by atoms with Gasteiger partial charge in [-0.25, -0.2) is 0 Å². The van der Waals surface area contributed by atoms with Crippen LogP contribution in [0.5, 0.6) is 11.5 Å². The van der Waals surface area contributed by atoms with Crippen molar-refractivity contribution in [2.45, 2.75) is 19.8 Å². The number of ether oxygens (including phenoxy) is 1. The highest BCUT2D eigenvalue weighted by Gasteiger charge is 1.99. The van der Waals surface area contributed by atoms with Crippen molar-refractivity contribution >= 4 is 0 Å². The number of benzene rings is 3. The van der Waals surface area contributed by atoms with Crippen LogP contribution in [-0.2, 0) is 12.8 Å². The molecule has 0 radical (unpaired) electrons. The van der Waals surface area contributed by atoms with Crippen molar-refractivity contribution in [2.75, 3.05) is 0 Å². The molecule has 0 saturated heterocycles. The fourth-order valence-electron chi connectivity index (χ4n) is 2.47. The van der Waals surface area contributed by atoms with Crippen molar-refractivity contribution in [2.24, 2.45) is 0 Å². The minimum atomic E-state index is 0.883. The summed E-state index contributed by atoms with van der Waals surface area (Å²) < 4.78 is 5.88.